The van der Waals surface area contributed by atoms with Crippen LogP contribution in [0.25, 0.3) is 0 Å². The van der Waals surface area contributed by atoms with Gasteiger partial charge in [0, 0.05) is 0 Å². The maximum Gasteiger partial charge on any atom is 0.0788 e. The lowest BCUT2D eigenvalue weighted by Crippen LogP contribution is -2.09. The molecule has 0 radical (unpaired) electrons. The average molecular weight is 115 g/mol. The highest BCUT2D eigenvalue weighted by Crippen LogP contribution is 1.78. The lowest BCUT2D eigenvalue weighted by molar-refractivity contribution is -0.309. The van der Waals surface area contributed by atoms with E-state index in [1.807, 2.05) is 0 Å². The van der Waals surface area contributed by atoms with Crippen molar-refractivity contribution >= 4 is 0 Å². The van der Waals surface area contributed by atoms with Gasteiger partial charge in [-0.25, -0.2) is 10.4 Å². The molecule has 3 nitrogen and oxygen atoms in total. The van der Waals surface area contributed by atoms with E-state index in [4.69, 9.17) is 0 Å². The highest BCUT2D eigenvalue weighted by Gasteiger charge is 1.79. The van der Waals surface area contributed by atoms with E-state index in [0.717, 1.165) is 0 Å². The lowest BCUT2D eigenvalue weighted by atomic mass is 10.6. The molecule has 0 aromatic heterocycles. The highest BCUT2D eigenvalue weighted by atomic mass is 17.3. The summed E-state index contributed by atoms with van der Waals surface area (Å²) in [5.74, 6) is 0. The van der Waals surface area contributed by atoms with Crippen molar-refractivity contribution in [3.8, 4) is 0 Å². The van der Waals surface area contributed by atoms with Gasteiger partial charge in [-0.1, -0.05) is 6.58 Å². The van der Waals surface area contributed by atoms with Crippen LogP contribution in [-0.4, -0.2) is 7.11 Å². The zero-order valence-corrected chi connectivity index (χ0v) is 5.02. The molecule has 0 fully saturated rings. The largest absolute Gasteiger partial charge is 0.232 e. The molecule has 0 bridgehead atoms. The Kier molecular flexibility index (Phi) is 3.98. The molecule has 0 aliphatic heterocycles. The topological polar surface area (TPSA) is 30.5 Å². The smallest absolute Gasteiger partial charge is 0.0788 e. The van der Waals surface area contributed by atoms with Crippen molar-refractivity contribution in [1.82, 2.24) is 5.48 Å². The van der Waals surface area contributed by atoms with E-state index in [2.05, 4.69) is 27.7 Å². The van der Waals surface area contributed by atoms with Gasteiger partial charge in [0.05, 0.1) is 12.8 Å². The third-order valence-electron chi connectivity index (χ3n) is 0.543. The van der Waals surface area contributed by atoms with Crippen LogP contribution in [0.5, 0.6) is 0 Å². The monoisotopic (exact) mass is 115 g/mol. The molecule has 46 valence electrons. The van der Waals surface area contributed by atoms with Crippen molar-refractivity contribution in [2.24, 2.45) is 0 Å². The number of nitrogens with one attached hydrogen (secondary N) is 1. The van der Waals surface area contributed by atoms with Crippen LogP contribution in [0.1, 0.15) is 6.92 Å². The summed E-state index contributed by atoms with van der Waals surface area (Å²) in [6.07, 6.45) is 0. The molecule has 0 aliphatic rings. The molecule has 3 heteroatoms. The van der Waals surface area contributed by atoms with Gasteiger partial charge in [0.15, 0.2) is 0 Å². The quantitative estimate of drug-likeness (QED) is 0.334. The summed E-state index contributed by atoms with van der Waals surface area (Å²) in [4.78, 5) is 8.51. The van der Waals surface area contributed by atoms with E-state index in [0.29, 0.717) is 5.70 Å². The first-order valence-corrected chi connectivity index (χ1v) is 2.13. The maximum absolute atomic E-state index is 4.30. The van der Waals surface area contributed by atoms with E-state index >= 15 is 0 Å². The van der Waals surface area contributed by atoms with Crippen molar-refractivity contribution in [3.05, 3.63) is 18.0 Å². The molecule has 0 atom stereocenters. The zero-order chi connectivity index (χ0) is 6.41. The van der Waals surface area contributed by atoms with Crippen LogP contribution in [0.3, 0.4) is 0 Å². The molecular weight excluding hydrogens is 106 g/mol. The lowest BCUT2D eigenvalue weighted by Gasteiger charge is -1.97. The van der Waals surface area contributed by atoms with Gasteiger partial charge in [-0.2, -0.15) is 0 Å². The molecule has 0 spiro atoms. The second-order valence-corrected chi connectivity index (χ2v) is 1.15. The number of hydroxylamine groups is 1. The average Bonchev–Trinajstić information content (AvgIpc) is 1.83. The molecule has 0 rings (SSSR count). The summed E-state index contributed by atoms with van der Waals surface area (Å²) in [5, 5.41) is 0. The van der Waals surface area contributed by atoms with Crippen LogP contribution < -0.4 is 5.48 Å². The summed E-state index contributed by atoms with van der Waals surface area (Å²) in [6.45, 7) is 5.11. The molecule has 0 amide bonds. The molecule has 0 aromatic rings. The fraction of sp³-hybridized carbons (Fsp3) is 0.400. The number of hydrogen-bond donors (Lipinski definition) is 1. The minimum atomic E-state index is 0.687. The van der Waals surface area contributed by atoms with Crippen molar-refractivity contribution in [2.75, 3.05) is 7.11 Å². The Morgan fingerprint density at radius 2 is 2.38 bits per heavy atom. The fourth-order valence-corrected chi connectivity index (χ4v) is 0.140. The van der Waals surface area contributed by atoms with Crippen molar-refractivity contribution in [2.45, 2.75) is 6.92 Å². The van der Waals surface area contributed by atoms with Crippen LogP contribution in [0, 0.1) is 0 Å². The highest BCUT2D eigenvalue weighted by molar-refractivity contribution is 4.87. The van der Waals surface area contributed by atoms with Gasteiger partial charge in [-0.05, 0) is 6.92 Å². The molecule has 0 unspecified atom stereocenters. The molecule has 0 aliphatic carbocycles. The third-order valence-corrected chi connectivity index (χ3v) is 0.543. The van der Waals surface area contributed by atoms with E-state index in [-0.39, 0.29) is 0 Å². The van der Waals surface area contributed by atoms with Gasteiger partial charge >= 0.3 is 0 Å². The minimum absolute atomic E-state index is 0.687. The molecule has 0 heterocycles. The Morgan fingerprint density at radius 3 is 2.75 bits per heavy atom. The summed E-state index contributed by atoms with van der Waals surface area (Å²) in [5.41, 5.74) is 5.64. The van der Waals surface area contributed by atoms with Crippen molar-refractivity contribution in [1.29, 1.82) is 0 Å². The van der Waals surface area contributed by atoms with E-state index in [1.54, 1.807) is 6.92 Å². The zero-order valence-electron chi connectivity index (χ0n) is 5.02. The first-order chi connectivity index (χ1) is 3.81. The van der Waals surface area contributed by atoms with Crippen molar-refractivity contribution in [3.63, 3.8) is 0 Å². The molecule has 0 aromatic carbocycles. The maximum atomic E-state index is 4.30. The van der Waals surface area contributed by atoms with E-state index in [1.165, 1.54) is 7.11 Å². The molecule has 0 saturated carbocycles. The fourth-order valence-electron chi connectivity index (χ4n) is 0.140. The van der Waals surface area contributed by atoms with E-state index < -0.39 is 0 Å². The summed E-state index contributed by atoms with van der Waals surface area (Å²) < 4.78 is 0. The van der Waals surface area contributed by atoms with E-state index in [9.17, 15) is 0 Å². The van der Waals surface area contributed by atoms with Crippen LogP contribution in [0.2, 0.25) is 0 Å². The molecule has 1 N–H and O–H groups in total. The van der Waals surface area contributed by atoms with Crippen LogP contribution in [0.15, 0.2) is 18.0 Å². The second kappa shape index (κ2) is 4.40. The van der Waals surface area contributed by atoms with Crippen LogP contribution >= 0.6 is 0 Å². The van der Waals surface area contributed by atoms with Crippen molar-refractivity contribution < 1.29 is 9.88 Å². The SMILES string of the molecule is C=C=C(C)NOOC. The number of hydrogen-bond acceptors (Lipinski definition) is 3. The third kappa shape index (κ3) is 3.43. The van der Waals surface area contributed by atoms with Crippen LogP contribution in [0.4, 0.5) is 0 Å². The van der Waals surface area contributed by atoms with Gasteiger partial charge in [0.25, 0.3) is 0 Å². The summed E-state index contributed by atoms with van der Waals surface area (Å²) in [7, 11) is 1.41. The first-order valence-electron chi connectivity index (χ1n) is 2.13. The Labute approximate surface area is 48.5 Å². The Balaban J connectivity index is 3.26. The van der Waals surface area contributed by atoms with Gasteiger partial charge in [0.2, 0.25) is 0 Å². The van der Waals surface area contributed by atoms with Gasteiger partial charge in [-0.3, -0.25) is 0 Å². The predicted octanol–water partition coefficient (Wildman–Crippen LogP) is 0.758. The normalized spacial score (nSPS) is 7.75. The predicted molar refractivity (Wildman–Crippen MR) is 29.6 cm³/mol. The summed E-state index contributed by atoms with van der Waals surface area (Å²) >= 11 is 0. The van der Waals surface area contributed by atoms with Gasteiger partial charge < -0.3 is 0 Å². The second-order valence-electron chi connectivity index (χ2n) is 1.15. The summed E-state index contributed by atoms with van der Waals surface area (Å²) in [6, 6.07) is 0. The number of allylic oxidation sites excluding steroid dienone is 1. The first kappa shape index (κ1) is 7.24. The molecular formula is C5H9NO2. The molecule has 8 heavy (non-hydrogen) atoms. The standard InChI is InChI=1S/C5H9NO2/c1-4-5(2)6-8-7-3/h6H,1H2,2-3H3. The Bertz CT molecular complexity index is 105. The molecule has 0 saturated heterocycles. The van der Waals surface area contributed by atoms with Gasteiger partial charge in [0.1, 0.15) is 0 Å². The Morgan fingerprint density at radius 1 is 1.75 bits per heavy atom. The van der Waals surface area contributed by atoms with Crippen LogP contribution in [-0.2, 0) is 9.88 Å². The Hall–Kier alpha value is -0.760. The van der Waals surface area contributed by atoms with Gasteiger partial charge in [-0.15, -0.1) is 10.7 Å². The minimum Gasteiger partial charge on any atom is -0.232 e. The number of rotatable bonds is 3.